The van der Waals surface area contributed by atoms with Gasteiger partial charge >= 0.3 is 13.9 Å². The van der Waals surface area contributed by atoms with Crippen molar-refractivity contribution in [2.24, 2.45) is 5.92 Å². The van der Waals surface area contributed by atoms with E-state index in [1.54, 1.807) is 6.20 Å². The molecule has 0 aliphatic rings. The molecular weight excluding hydrogens is 737 g/mol. The van der Waals surface area contributed by atoms with Crippen molar-refractivity contribution in [2.75, 3.05) is 25.6 Å². The van der Waals surface area contributed by atoms with E-state index in [0.29, 0.717) is 13.0 Å². The first-order chi connectivity index (χ1) is 27.9. The van der Waals surface area contributed by atoms with Gasteiger partial charge in [0, 0.05) is 29.7 Å². The van der Waals surface area contributed by atoms with Gasteiger partial charge in [-0.1, -0.05) is 181 Å². The molecule has 10 nitrogen and oxygen atoms in total. The van der Waals surface area contributed by atoms with Gasteiger partial charge in [-0.05, 0) is 35.6 Å². The molecule has 1 aromatic heterocycles. The second kappa shape index (κ2) is 26.3. The van der Waals surface area contributed by atoms with Crippen molar-refractivity contribution < 1.29 is 28.6 Å². The summed E-state index contributed by atoms with van der Waals surface area (Å²) in [5.41, 5.74) is 6.57. The van der Waals surface area contributed by atoms with Gasteiger partial charge in [-0.25, -0.2) is 4.79 Å². The second-order valence-electron chi connectivity index (χ2n) is 15.0. The fourth-order valence-corrected chi connectivity index (χ4v) is 7.86. The molecule has 0 bridgehead atoms. The molecule has 4 atom stereocenters. The number of benzene rings is 3. The SMILES string of the molecule is CCCCCCCCCCCCCCCCOC(CCO[P+](=O)O)C[C@@H](CO)C(OC(c1ccccc1)(c1ccccc1)c1ccccc1)n1ccc(N)nc1=O. The van der Waals surface area contributed by atoms with Gasteiger partial charge in [-0.2, -0.15) is 4.98 Å². The summed E-state index contributed by atoms with van der Waals surface area (Å²) < 4.78 is 31.7. The van der Waals surface area contributed by atoms with Crippen LogP contribution in [0.2, 0.25) is 0 Å². The summed E-state index contributed by atoms with van der Waals surface area (Å²) in [6.07, 6.45) is 18.2. The largest absolute Gasteiger partial charge is 0.694 e. The van der Waals surface area contributed by atoms with Crippen LogP contribution in [0.15, 0.2) is 108 Å². The minimum absolute atomic E-state index is 0.00978. The molecule has 0 aliphatic carbocycles. The zero-order chi connectivity index (χ0) is 40.6. The average molecular weight is 803 g/mol. The van der Waals surface area contributed by atoms with E-state index in [-0.39, 0.29) is 25.5 Å². The number of nitrogens with two attached hydrogens (primary N) is 1. The van der Waals surface area contributed by atoms with Gasteiger partial charge in [0.05, 0.1) is 12.7 Å². The lowest BCUT2D eigenvalue weighted by Gasteiger charge is -2.41. The maximum absolute atomic E-state index is 13.7. The van der Waals surface area contributed by atoms with Crippen LogP contribution >= 0.6 is 8.25 Å². The number of nitrogens with zero attached hydrogens (tertiary/aromatic N) is 2. The number of unbranched alkanes of at least 4 members (excludes halogenated alkanes) is 13. The minimum atomic E-state index is -2.79. The number of aromatic nitrogens is 2. The maximum Gasteiger partial charge on any atom is 0.694 e. The zero-order valence-corrected chi connectivity index (χ0v) is 34.7. The number of aliphatic hydroxyl groups excluding tert-OH is 1. The van der Waals surface area contributed by atoms with Crippen molar-refractivity contribution in [3.8, 4) is 0 Å². The lowest BCUT2D eigenvalue weighted by atomic mass is 9.79. The molecule has 0 radical (unpaired) electrons. The van der Waals surface area contributed by atoms with Crippen LogP contribution in [0, 0.1) is 5.92 Å². The van der Waals surface area contributed by atoms with E-state index in [4.69, 9.17) is 19.7 Å². The van der Waals surface area contributed by atoms with E-state index in [0.717, 1.165) is 36.0 Å². The van der Waals surface area contributed by atoms with Gasteiger partial charge < -0.3 is 20.3 Å². The number of nitrogen functional groups attached to an aromatic ring is 1. The van der Waals surface area contributed by atoms with Gasteiger partial charge in [0.2, 0.25) is 0 Å². The Labute approximate surface area is 340 Å². The van der Waals surface area contributed by atoms with E-state index < -0.39 is 37.8 Å². The Morgan fingerprint density at radius 3 is 1.63 bits per heavy atom. The highest BCUT2D eigenvalue weighted by Gasteiger charge is 2.43. The molecule has 0 saturated heterocycles. The van der Waals surface area contributed by atoms with Crippen LogP contribution in [0.25, 0.3) is 0 Å². The molecule has 3 aromatic carbocycles. The summed E-state index contributed by atoms with van der Waals surface area (Å²) >= 11 is 0. The van der Waals surface area contributed by atoms with Gasteiger partial charge in [0.1, 0.15) is 24.3 Å². The average Bonchev–Trinajstić information content (AvgIpc) is 3.23. The predicted molar refractivity (Wildman–Crippen MR) is 228 cm³/mol. The molecule has 4 rings (SSSR count). The highest BCUT2D eigenvalue weighted by Crippen LogP contribution is 2.45. The lowest BCUT2D eigenvalue weighted by Crippen LogP contribution is -2.43. The van der Waals surface area contributed by atoms with E-state index in [9.17, 15) is 19.4 Å². The summed E-state index contributed by atoms with van der Waals surface area (Å²) in [5, 5.41) is 11.2. The fraction of sp³-hybridized carbons (Fsp3) is 0.522. The van der Waals surface area contributed by atoms with Crippen LogP contribution in [0.3, 0.4) is 0 Å². The standard InChI is InChI=1S/C46H64N3O7P/c1-2-3-4-5-6-7-8-9-10-11-12-13-14-24-34-54-42(32-35-55-57(52)53)36-38(37-50)44(49-33-31-43(47)48-45(49)51)56-46(39-25-18-15-19-26-39,40-27-20-16-21-28-40)41-29-22-17-23-30-41/h15-23,25-31,33,38,42,44,50H,2-14,24,32,34-37H2,1H3,(H2-,47,48,51,52,53)/p+1/t38-,42?,44?/m0/s1. The molecule has 0 aliphatic heterocycles. The topological polar surface area (TPSA) is 146 Å². The molecule has 0 saturated carbocycles. The normalized spacial score (nSPS) is 13.6. The zero-order valence-electron chi connectivity index (χ0n) is 33.8. The minimum Gasteiger partial charge on any atom is -0.396 e. The molecule has 1 heterocycles. The van der Waals surface area contributed by atoms with Crippen LogP contribution in [0.4, 0.5) is 5.82 Å². The Bertz CT molecular complexity index is 1630. The van der Waals surface area contributed by atoms with E-state index >= 15 is 0 Å². The number of hydrogen-bond acceptors (Lipinski definition) is 8. The van der Waals surface area contributed by atoms with Crippen molar-refractivity contribution in [3.63, 3.8) is 0 Å². The molecule has 0 amide bonds. The van der Waals surface area contributed by atoms with E-state index in [1.165, 1.54) is 81.3 Å². The maximum atomic E-state index is 13.7. The lowest BCUT2D eigenvalue weighted by molar-refractivity contribution is -0.136. The summed E-state index contributed by atoms with van der Waals surface area (Å²) in [5.74, 6) is -0.617. The smallest absolute Gasteiger partial charge is 0.396 e. The summed E-state index contributed by atoms with van der Waals surface area (Å²) in [6.45, 7) is 2.38. The Morgan fingerprint density at radius 1 is 0.719 bits per heavy atom. The van der Waals surface area contributed by atoms with Crippen LogP contribution in [0.1, 0.15) is 133 Å². The fourth-order valence-electron chi connectivity index (χ4n) is 7.60. The molecule has 0 fully saturated rings. The van der Waals surface area contributed by atoms with Crippen LogP contribution in [-0.2, 0) is 24.2 Å². The molecule has 57 heavy (non-hydrogen) atoms. The predicted octanol–water partition coefficient (Wildman–Crippen LogP) is 10.3. The van der Waals surface area contributed by atoms with Crippen molar-refractivity contribution in [1.29, 1.82) is 0 Å². The molecule has 310 valence electrons. The number of hydrogen-bond donors (Lipinski definition) is 3. The highest BCUT2D eigenvalue weighted by atomic mass is 31.1. The van der Waals surface area contributed by atoms with Gasteiger partial charge in [0.15, 0.2) is 0 Å². The first-order valence-electron chi connectivity index (χ1n) is 21.1. The Kier molecular flexibility index (Phi) is 21.2. The summed E-state index contributed by atoms with van der Waals surface area (Å²) in [6, 6.07) is 31.0. The highest BCUT2D eigenvalue weighted by molar-refractivity contribution is 7.32. The monoisotopic (exact) mass is 802 g/mol. The summed E-state index contributed by atoms with van der Waals surface area (Å²) in [4.78, 5) is 27.1. The number of ether oxygens (including phenoxy) is 2. The van der Waals surface area contributed by atoms with Crippen molar-refractivity contribution in [3.05, 3.63) is 130 Å². The third-order valence-corrected chi connectivity index (χ3v) is 11.1. The Hall–Kier alpha value is -3.76. The van der Waals surface area contributed by atoms with Crippen LogP contribution in [0.5, 0.6) is 0 Å². The van der Waals surface area contributed by atoms with Gasteiger partial charge in [-0.3, -0.25) is 4.57 Å². The number of anilines is 1. The number of aliphatic hydroxyl groups is 1. The quantitative estimate of drug-likeness (QED) is 0.0266. The molecule has 11 heteroatoms. The molecule has 4 N–H and O–H groups in total. The van der Waals surface area contributed by atoms with Gasteiger partial charge in [-0.15, -0.1) is 9.42 Å². The third kappa shape index (κ3) is 15.2. The molecule has 0 spiro atoms. The van der Waals surface area contributed by atoms with Crippen molar-refractivity contribution in [1.82, 2.24) is 9.55 Å². The van der Waals surface area contributed by atoms with Crippen molar-refractivity contribution in [2.45, 2.75) is 128 Å². The first-order valence-corrected chi connectivity index (χ1v) is 22.2. The Morgan fingerprint density at radius 2 is 1.19 bits per heavy atom. The van der Waals surface area contributed by atoms with E-state index in [1.807, 2.05) is 91.0 Å². The first kappa shape index (κ1) is 45.9. The van der Waals surface area contributed by atoms with Crippen LogP contribution < -0.4 is 11.4 Å². The van der Waals surface area contributed by atoms with Crippen molar-refractivity contribution >= 4 is 14.1 Å². The van der Waals surface area contributed by atoms with Gasteiger partial charge in [0.25, 0.3) is 0 Å². The summed E-state index contributed by atoms with van der Waals surface area (Å²) in [7, 11) is -2.79. The second-order valence-corrected chi connectivity index (χ2v) is 15.7. The molecule has 3 unspecified atom stereocenters. The number of rotatable bonds is 30. The van der Waals surface area contributed by atoms with E-state index in [2.05, 4.69) is 11.9 Å². The molecular formula is C46H65N3O7P+. The van der Waals surface area contributed by atoms with Crippen LogP contribution in [-0.4, -0.2) is 45.5 Å². The third-order valence-electron chi connectivity index (χ3n) is 10.7. The Balaban J connectivity index is 1.52. The molecule has 4 aromatic rings.